The maximum Gasteiger partial charge on any atom is 0.264 e. The van der Waals surface area contributed by atoms with Crippen molar-refractivity contribution in [3.05, 3.63) is 48.2 Å². The summed E-state index contributed by atoms with van der Waals surface area (Å²) in [5.41, 5.74) is 0.848. The van der Waals surface area contributed by atoms with E-state index in [1.54, 1.807) is 49.7 Å². The lowest BCUT2D eigenvalue weighted by molar-refractivity contribution is -0.119. The number of hydrogen-bond acceptors (Lipinski definition) is 5. The van der Waals surface area contributed by atoms with E-state index in [9.17, 15) is 9.59 Å². The summed E-state index contributed by atoms with van der Waals surface area (Å²) in [6.45, 7) is 0.678. The Labute approximate surface area is 139 Å². The van der Waals surface area contributed by atoms with Crippen molar-refractivity contribution in [1.29, 1.82) is 0 Å². The van der Waals surface area contributed by atoms with Gasteiger partial charge in [-0.15, -0.1) is 0 Å². The van der Waals surface area contributed by atoms with Gasteiger partial charge in [0.2, 0.25) is 11.8 Å². The highest BCUT2D eigenvalue weighted by molar-refractivity contribution is 6.11. The molecule has 2 heterocycles. The smallest absolute Gasteiger partial charge is 0.264 e. The number of rotatable bonds is 5. The highest BCUT2D eigenvalue weighted by atomic mass is 16.5. The average Bonchev–Trinajstić information content (AvgIpc) is 2.71. The molecule has 0 radical (unpaired) electrons. The van der Waals surface area contributed by atoms with Crippen LogP contribution >= 0.6 is 0 Å². The molecule has 0 fully saturated rings. The number of carbonyl (C=O) groups is 2. The lowest BCUT2D eigenvalue weighted by atomic mass is 10.2. The van der Waals surface area contributed by atoms with Crippen molar-refractivity contribution in [2.45, 2.75) is 0 Å². The molecule has 1 aromatic carbocycles. The van der Waals surface area contributed by atoms with Gasteiger partial charge in [0.1, 0.15) is 12.1 Å². The van der Waals surface area contributed by atoms with Crippen molar-refractivity contribution in [3.63, 3.8) is 0 Å². The molecule has 1 N–H and O–H groups in total. The number of hydrogen-bond donors (Lipinski definition) is 1. The Morgan fingerprint density at radius 2 is 2.12 bits per heavy atom. The molecule has 0 atom stereocenters. The Balaban J connectivity index is 1.92. The molecule has 1 aromatic heterocycles. The standard InChI is InChI=1S/C17H17N3O4/c1-23-10-9-18-15(21)11-20-13-6-2-3-7-14(13)24-16-12(17(20)22)5-4-8-19-16/h2-8H,9-11H2,1H3,(H,18,21). The first kappa shape index (κ1) is 15.9. The van der Waals surface area contributed by atoms with Gasteiger partial charge in [0.05, 0.1) is 12.3 Å². The van der Waals surface area contributed by atoms with Crippen LogP contribution in [0.25, 0.3) is 0 Å². The Bertz CT molecular complexity index is 763. The number of amides is 2. The number of ether oxygens (including phenoxy) is 2. The van der Waals surface area contributed by atoms with Gasteiger partial charge in [0, 0.05) is 19.9 Å². The van der Waals surface area contributed by atoms with E-state index in [0.717, 1.165) is 0 Å². The zero-order valence-corrected chi connectivity index (χ0v) is 13.2. The largest absolute Gasteiger partial charge is 0.436 e. The molecule has 0 unspecified atom stereocenters. The number of carbonyl (C=O) groups excluding carboxylic acids is 2. The van der Waals surface area contributed by atoms with Crippen molar-refractivity contribution in [1.82, 2.24) is 10.3 Å². The van der Waals surface area contributed by atoms with Gasteiger partial charge in [0.15, 0.2) is 5.75 Å². The minimum absolute atomic E-state index is 0.114. The first-order chi connectivity index (χ1) is 11.7. The summed E-state index contributed by atoms with van der Waals surface area (Å²) in [6, 6.07) is 10.4. The molecule has 0 saturated heterocycles. The van der Waals surface area contributed by atoms with Crippen LogP contribution in [0.3, 0.4) is 0 Å². The molecule has 2 aromatic rings. The van der Waals surface area contributed by atoms with Crippen LogP contribution in [0.4, 0.5) is 5.69 Å². The van der Waals surface area contributed by atoms with Crippen LogP contribution in [0, 0.1) is 0 Å². The minimum atomic E-state index is -0.329. The lowest BCUT2D eigenvalue weighted by Gasteiger charge is -2.21. The number of anilines is 1. The normalized spacial score (nSPS) is 12.7. The van der Waals surface area contributed by atoms with Crippen LogP contribution in [0.5, 0.6) is 11.6 Å². The van der Waals surface area contributed by atoms with E-state index in [4.69, 9.17) is 9.47 Å². The Hall–Kier alpha value is -2.93. The summed E-state index contributed by atoms with van der Waals surface area (Å²) in [6.07, 6.45) is 1.56. The number of nitrogens with one attached hydrogen (secondary N) is 1. The highest BCUT2D eigenvalue weighted by Crippen LogP contribution is 2.37. The van der Waals surface area contributed by atoms with Crippen LogP contribution in [-0.2, 0) is 9.53 Å². The lowest BCUT2D eigenvalue weighted by Crippen LogP contribution is -2.41. The number of para-hydroxylation sites is 2. The molecular formula is C17H17N3O4. The van der Waals surface area contributed by atoms with E-state index in [1.165, 1.54) is 4.90 Å². The molecule has 7 nitrogen and oxygen atoms in total. The zero-order chi connectivity index (χ0) is 16.9. The van der Waals surface area contributed by atoms with E-state index >= 15 is 0 Å². The Morgan fingerprint density at radius 3 is 2.96 bits per heavy atom. The Kier molecular flexibility index (Phi) is 4.72. The molecule has 24 heavy (non-hydrogen) atoms. The first-order valence-corrected chi connectivity index (χ1v) is 7.50. The molecule has 1 aliphatic heterocycles. The molecule has 0 bridgehead atoms. The second-order valence-corrected chi connectivity index (χ2v) is 5.16. The van der Waals surface area contributed by atoms with Crippen molar-refractivity contribution >= 4 is 17.5 Å². The number of benzene rings is 1. The van der Waals surface area contributed by atoms with Crippen LogP contribution in [0.1, 0.15) is 10.4 Å². The van der Waals surface area contributed by atoms with Crippen LogP contribution < -0.4 is 15.0 Å². The summed E-state index contributed by atoms with van der Waals surface area (Å²) in [5, 5.41) is 2.71. The summed E-state index contributed by atoms with van der Waals surface area (Å²) >= 11 is 0. The van der Waals surface area contributed by atoms with Gasteiger partial charge >= 0.3 is 0 Å². The fourth-order valence-corrected chi connectivity index (χ4v) is 2.41. The van der Waals surface area contributed by atoms with Gasteiger partial charge in [-0.25, -0.2) is 4.98 Å². The van der Waals surface area contributed by atoms with Crippen LogP contribution in [0.15, 0.2) is 42.6 Å². The van der Waals surface area contributed by atoms with Gasteiger partial charge in [0.25, 0.3) is 5.91 Å². The predicted molar refractivity (Wildman–Crippen MR) is 87.3 cm³/mol. The maximum atomic E-state index is 12.9. The highest BCUT2D eigenvalue weighted by Gasteiger charge is 2.29. The molecule has 7 heteroatoms. The van der Waals surface area contributed by atoms with Crippen molar-refractivity contribution < 1.29 is 19.1 Å². The average molecular weight is 327 g/mol. The van der Waals surface area contributed by atoms with E-state index < -0.39 is 0 Å². The first-order valence-electron chi connectivity index (χ1n) is 7.50. The van der Waals surface area contributed by atoms with Gasteiger partial charge in [-0.1, -0.05) is 12.1 Å². The third-order valence-electron chi connectivity index (χ3n) is 3.54. The zero-order valence-electron chi connectivity index (χ0n) is 13.2. The molecule has 1 aliphatic rings. The van der Waals surface area contributed by atoms with Crippen LogP contribution in [0.2, 0.25) is 0 Å². The van der Waals surface area contributed by atoms with Crippen molar-refractivity contribution in [3.8, 4) is 11.6 Å². The van der Waals surface area contributed by atoms with Gasteiger partial charge in [-0.05, 0) is 24.3 Å². The molecule has 0 aliphatic carbocycles. The number of nitrogens with zero attached hydrogens (tertiary/aromatic N) is 2. The summed E-state index contributed by atoms with van der Waals surface area (Å²) in [5.74, 6) is 0.109. The monoisotopic (exact) mass is 327 g/mol. The van der Waals surface area contributed by atoms with E-state index in [1.807, 2.05) is 0 Å². The van der Waals surface area contributed by atoms with E-state index in [0.29, 0.717) is 30.2 Å². The fourth-order valence-electron chi connectivity index (χ4n) is 2.41. The summed E-state index contributed by atoms with van der Waals surface area (Å²) < 4.78 is 10.7. The molecule has 0 spiro atoms. The molecular weight excluding hydrogens is 310 g/mol. The third kappa shape index (κ3) is 3.21. The van der Waals surface area contributed by atoms with E-state index in [2.05, 4.69) is 10.3 Å². The summed E-state index contributed by atoms with van der Waals surface area (Å²) in [4.78, 5) is 30.5. The Morgan fingerprint density at radius 1 is 1.29 bits per heavy atom. The van der Waals surface area contributed by atoms with Gasteiger partial charge in [-0.2, -0.15) is 0 Å². The van der Waals surface area contributed by atoms with Crippen molar-refractivity contribution in [2.24, 2.45) is 0 Å². The number of aromatic nitrogens is 1. The number of methoxy groups -OCH3 is 1. The topological polar surface area (TPSA) is 80.8 Å². The molecule has 3 rings (SSSR count). The van der Waals surface area contributed by atoms with Gasteiger partial charge in [-0.3, -0.25) is 14.5 Å². The number of pyridine rings is 1. The summed E-state index contributed by atoms with van der Waals surface area (Å²) in [7, 11) is 1.56. The van der Waals surface area contributed by atoms with Crippen molar-refractivity contribution in [2.75, 3.05) is 31.7 Å². The predicted octanol–water partition coefficient (Wildman–Crippen LogP) is 1.60. The van der Waals surface area contributed by atoms with E-state index in [-0.39, 0.29) is 24.2 Å². The molecule has 2 amide bonds. The second kappa shape index (κ2) is 7.10. The van der Waals surface area contributed by atoms with Crippen LogP contribution in [-0.4, -0.2) is 43.6 Å². The third-order valence-corrected chi connectivity index (χ3v) is 3.54. The quantitative estimate of drug-likeness (QED) is 0.844. The molecule has 124 valence electrons. The molecule has 0 saturated carbocycles. The second-order valence-electron chi connectivity index (χ2n) is 5.16. The van der Waals surface area contributed by atoms with Gasteiger partial charge < -0.3 is 14.8 Å². The number of fused-ring (bicyclic) bond motifs is 2. The SMILES string of the molecule is COCCNC(=O)CN1C(=O)c2cccnc2Oc2ccccc21. The maximum absolute atomic E-state index is 12.9. The fraction of sp³-hybridized carbons (Fsp3) is 0.235. The minimum Gasteiger partial charge on any atom is -0.436 e.